The predicted octanol–water partition coefficient (Wildman–Crippen LogP) is 0.113. The van der Waals surface area contributed by atoms with Gasteiger partial charge in [-0.15, -0.1) is 0 Å². The van der Waals surface area contributed by atoms with Gasteiger partial charge in [-0.25, -0.2) is 9.89 Å². The first-order valence-electron chi connectivity index (χ1n) is 3.39. The van der Waals surface area contributed by atoms with Crippen LogP contribution in [-0.2, 0) is 0 Å². The van der Waals surface area contributed by atoms with Gasteiger partial charge >= 0.3 is 5.69 Å². The normalized spacial score (nSPS) is 10.2. The lowest BCUT2D eigenvalue weighted by Crippen LogP contribution is -2.16. The highest BCUT2D eigenvalue weighted by Gasteiger charge is 2.05. The molecule has 13 heavy (non-hydrogen) atoms. The molecule has 0 amide bonds. The van der Waals surface area contributed by atoms with Crippen LogP contribution in [0.4, 0.5) is 0 Å². The average molecular weight is 242 g/mol. The van der Waals surface area contributed by atoms with E-state index < -0.39 is 0 Å². The zero-order valence-electron chi connectivity index (χ0n) is 6.31. The smallest absolute Gasteiger partial charge is 0.263 e. The number of aromatic amines is 1. The van der Waals surface area contributed by atoms with E-state index >= 15 is 0 Å². The Bertz CT molecular complexity index is 476. The lowest BCUT2D eigenvalue weighted by atomic mass is 10.4. The van der Waals surface area contributed by atoms with Crippen LogP contribution in [0.1, 0.15) is 0 Å². The summed E-state index contributed by atoms with van der Waals surface area (Å²) < 4.78 is 1.83. The number of pyridine rings is 1. The number of hydrogen-bond donors (Lipinski definition) is 1. The Labute approximate surface area is 80.7 Å². The zero-order valence-corrected chi connectivity index (χ0v) is 7.89. The van der Waals surface area contributed by atoms with Gasteiger partial charge in [-0.05, 0) is 32.4 Å². The van der Waals surface area contributed by atoms with Crippen molar-refractivity contribution in [1.29, 1.82) is 0 Å². The summed E-state index contributed by atoms with van der Waals surface area (Å²) in [6.07, 6.45) is 3.15. The van der Waals surface area contributed by atoms with Crippen molar-refractivity contribution < 1.29 is 0 Å². The Balaban J connectivity index is 2.66. The van der Waals surface area contributed by atoms with Gasteiger partial charge in [0, 0.05) is 12.4 Å². The molecule has 66 valence electrons. The molecule has 0 saturated heterocycles. The van der Waals surface area contributed by atoms with E-state index in [1.807, 2.05) is 0 Å². The molecule has 0 aliphatic carbocycles. The molecule has 7 heteroatoms. The van der Waals surface area contributed by atoms with E-state index in [2.05, 4.69) is 36.4 Å². The number of aromatic nitrogens is 5. The van der Waals surface area contributed by atoms with Crippen molar-refractivity contribution in [1.82, 2.24) is 25.2 Å². The highest BCUT2D eigenvalue weighted by Crippen LogP contribution is 2.15. The largest absolute Gasteiger partial charge is 0.365 e. The third-order valence-electron chi connectivity index (χ3n) is 1.45. The zero-order chi connectivity index (χ0) is 9.26. The van der Waals surface area contributed by atoms with Crippen molar-refractivity contribution in [2.45, 2.75) is 0 Å². The summed E-state index contributed by atoms with van der Waals surface area (Å²) in [5.74, 6) is 0. The number of nitrogens with one attached hydrogen (secondary N) is 1. The van der Waals surface area contributed by atoms with E-state index in [4.69, 9.17) is 0 Å². The van der Waals surface area contributed by atoms with Gasteiger partial charge in [-0.2, -0.15) is 4.68 Å². The van der Waals surface area contributed by atoms with Crippen molar-refractivity contribution in [2.24, 2.45) is 0 Å². The fraction of sp³-hybridized carbons (Fsp3) is 0. The first-order valence-corrected chi connectivity index (χ1v) is 4.18. The molecule has 0 atom stereocenters. The minimum absolute atomic E-state index is 0.382. The molecule has 0 fully saturated rings. The molecule has 2 heterocycles. The van der Waals surface area contributed by atoms with E-state index in [0.717, 1.165) is 4.68 Å². The Morgan fingerprint density at radius 2 is 2.38 bits per heavy atom. The summed E-state index contributed by atoms with van der Waals surface area (Å²) in [6.45, 7) is 0. The molecule has 0 aliphatic heterocycles. The molecular weight excluding hydrogens is 238 g/mol. The Morgan fingerprint density at radius 3 is 3.00 bits per heavy atom. The summed E-state index contributed by atoms with van der Waals surface area (Å²) in [5.41, 5.74) is 0.223. The topological polar surface area (TPSA) is 76.5 Å². The molecule has 2 aromatic rings. The van der Waals surface area contributed by atoms with E-state index in [9.17, 15) is 4.79 Å². The van der Waals surface area contributed by atoms with Crippen LogP contribution < -0.4 is 5.69 Å². The fourth-order valence-corrected chi connectivity index (χ4v) is 1.31. The van der Waals surface area contributed by atoms with Gasteiger partial charge in [-0.1, -0.05) is 0 Å². The molecule has 0 unspecified atom stereocenters. The van der Waals surface area contributed by atoms with E-state index in [-0.39, 0.29) is 5.69 Å². The minimum atomic E-state index is -0.382. The summed E-state index contributed by atoms with van der Waals surface area (Å²) >= 11 is 3.25. The van der Waals surface area contributed by atoms with Crippen LogP contribution in [-0.4, -0.2) is 25.2 Å². The van der Waals surface area contributed by atoms with Crippen LogP contribution in [0.2, 0.25) is 0 Å². The van der Waals surface area contributed by atoms with E-state index in [1.165, 1.54) is 0 Å². The average Bonchev–Trinajstić information content (AvgIpc) is 2.52. The third-order valence-corrected chi connectivity index (χ3v) is 2.06. The molecule has 0 aromatic carbocycles. The Kier molecular flexibility index (Phi) is 1.93. The van der Waals surface area contributed by atoms with Crippen molar-refractivity contribution >= 4 is 15.9 Å². The van der Waals surface area contributed by atoms with Crippen molar-refractivity contribution in [3.05, 3.63) is 33.4 Å². The SMILES string of the molecule is O=c1[nH]nnn1-c1ccncc1Br. The second kappa shape index (κ2) is 3.09. The number of tetrazole rings is 1. The Morgan fingerprint density at radius 1 is 1.54 bits per heavy atom. The second-order valence-corrected chi connectivity index (χ2v) is 3.10. The van der Waals surface area contributed by atoms with Gasteiger partial charge in [-0.3, -0.25) is 4.98 Å². The van der Waals surface area contributed by atoms with Crippen LogP contribution in [0, 0.1) is 0 Å². The maximum absolute atomic E-state index is 11.1. The summed E-state index contributed by atoms with van der Waals surface area (Å²) in [5, 5.41) is 9.16. The molecule has 0 aliphatic rings. The molecule has 2 aromatic heterocycles. The van der Waals surface area contributed by atoms with Gasteiger partial charge in [0.1, 0.15) is 0 Å². The maximum Gasteiger partial charge on any atom is 0.365 e. The highest BCUT2D eigenvalue weighted by molar-refractivity contribution is 9.10. The van der Waals surface area contributed by atoms with Crippen LogP contribution in [0.5, 0.6) is 0 Å². The van der Waals surface area contributed by atoms with Gasteiger partial charge in [0.25, 0.3) is 0 Å². The van der Waals surface area contributed by atoms with Crippen molar-refractivity contribution in [2.75, 3.05) is 0 Å². The first kappa shape index (κ1) is 8.11. The van der Waals surface area contributed by atoms with Crippen LogP contribution in [0.25, 0.3) is 5.69 Å². The quantitative estimate of drug-likeness (QED) is 0.770. The van der Waals surface area contributed by atoms with Crippen LogP contribution in [0.3, 0.4) is 0 Å². The Hall–Kier alpha value is -1.50. The monoisotopic (exact) mass is 241 g/mol. The maximum atomic E-state index is 11.1. The molecule has 0 spiro atoms. The summed E-state index contributed by atoms with van der Waals surface area (Å²) in [7, 11) is 0. The number of hydrogen-bond acceptors (Lipinski definition) is 4. The van der Waals surface area contributed by atoms with Gasteiger partial charge in [0.15, 0.2) is 0 Å². The van der Waals surface area contributed by atoms with E-state index in [0.29, 0.717) is 10.2 Å². The minimum Gasteiger partial charge on any atom is -0.263 e. The van der Waals surface area contributed by atoms with Crippen LogP contribution >= 0.6 is 15.9 Å². The highest BCUT2D eigenvalue weighted by atomic mass is 79.9. The molecular formula is C6H4BrN5O. The molecule has 2 rings (SSSR count). The van der Waals surface area contributed by atoms with Crippen molar-refractivity contribution in [3.8, 4) is 5.69 Å². The van der Waals surface area contributed by atoms with E-state index in [1.54, 1.807) is 18.5 Å². The predicted molar refractivity (Wildman–Crippen MR) is 47.5 cm³/mol. The number of halogens is 1. The lowest BCUT2D eigenvalue weighted by molar-refractivity contribution is 0.775. The number of rotatable bonds is 1. The van der Waals surface area contributed by atoms with Crippen molar-refractivity contribution in [3.63, 3.8) is 0 Å². The lowest BCUT2D eigenvalue weighted by Gasteiger charge is -1.98. The molecule has 6 nitrogen and oxygen atoms in total. The first-order chi connectivity index (χ1) is 6.29. The summed E-state index contributed by atoms with van der Waals surface area (Å²) in [6, 6.07) is 1.66. The van der Waals surface area contributed by atoms with Crippen LogP contribution in [0.15, 0.2) is 27.7 Å². The van der Waals surface area contributed by atoms with Gasteiger partial charge in [0.05, 0.1) is 10.2 Å². The standard InChI is InChI=1S/C6H4BrN5O/c7-4-3-8-2-1-5(4)12-6(13)9-10-11-12/h1-3H,(H,9,11,13). The second-order valence-electron chi connectivity index (χ2n) is 2.25. The molecule has 0 saturated carbocycles. The third kappa shape index (κ3) is 1.37. The van der Waals surface area contributed by atoms with Gasteiger partial charge in [0.2, 0.25) is 0 Å². The molecule has 1 N–H and O–H groups in total. The fourth-order valence-electron chi connectivity index (χ4n) is 0.895. The molecule has 0 bridgehead atoms. The number of nitrogens with zero attached hydrogens (tertiary/aromatic N) is 4. The van der Waals surface area contributed by atoms with Gasteiger partial charge < -0.3 is 0 Å². The number of H-pyrrole nitrogens is 1. The molecule has 0 radical (unpaired) electrons. The summed E-state index contributed by atoms with van der Waals surface area (Å²) in [4.78, 5) is 15.0.